The minimum absolute atomic E-state index is 0.00176. The van der Waals surface area contributed by atoms with E-state index in [-0.39, 0.29) is 17.9 Å². The van der Waals surface area contributed by atoms with Gasteiger partial charge in [0, 0.05) is 11.7 Å². The van der Waals surface area contributed by atoms with Crippen LogP contribution in [0.15, 0.2) is 48.5 Å². The summed E-state index contributed by atoms with van der Waals surface area (Å²) in [7, 11) is 1.61. The molecule has 5 nitrogen and oxygen atoms in total. The summed E-state index contributed by atoms with van der Waals surface area (Å²) in [6.07, 6.45) is 3.40. The van der Waals surface area contributed by atoms with Gasteiger partial charge in [0.1, 0.15) is 5.75 Å². The topological polar surface area (TPSA) is 73.6 Å². The van der Waals surface area contributed by atoms with Crippen LogP contribution in [0.1, 0.15) is 19.3 Å². The van der Waals surface area contributed by atoms with Crippen LogP contribution in [0, 0.1) is 17.8 Å². The molecular weight excluding hydrogens is 328 g/mol. The van der Waals surface area contributed by atoms with Gasteiger partial charge in [-0.3, -0.25) is 4.79 Å². The van der Waals surface area contributed by atoms with E-state index in [1.165, 1.54) is 6.42 Å². The van der Waals surface area contributed by atoms with E-state index < -0.39 is 0 Å². The molecule has 2 aliphatic carbocycles. The highest BCUT2D eigenvalue weighted by Gasteiger charge is 2.49. The molecule has 0 heterocycles. The third kappa shape index (κ3) is 3.15. The lowest BCUT2D eigenvalue weighted by Gasteiger charge is -2.27. The number of hydrogen-bond acceptors (Lipinski definition) is 4. The fourth-order valence-corrected chi connectivity index (χ4v) is 4.39. The van der Waals surface area contributed by atoms with Crippen LogP contribution in [0.2, 0.25) is 0 Å². The molecule has 4 unspecified atom stereocenters. The van der Waals surface area contributed by atoms with E-state index in [2.05, 4.69) is 5.32 Å². The van der Waals surface area contributed by atoms with Crippen LogP contribution in [0.4, 0.5) is 5.69 Å². The summed E-state index contributed by atoms with van der Waals surface area (Å²) in [6, 6.07) is 14.9. The lowest BCUT2D eigenvalue weighted by atomic mass is 9.84. The van der Waals surface area contributed by atoms with Crippen molar-refractivity contribution in [3.63, 3.8) is 0 Å². The van der Waals surface area contributed by atoms with Crippen LogP contribution < -0.4 is 20.5 Å². The highest BCUT2D eigenvalue weighted by molar-refractivity contribution is 5.93. The third-order valence-corrected chi connectivity index (χ3v) is 5.70. The molecule has 2 aromatic rings. The Labute approximate surface area is 153 Å². The molecule has 2 saturated carbocycles. The van der Waals surface area contributed by atoms with E-state index in [1.807, 2.05) is 48.5 Å². The Kier molecular flexibility index (Phi) is 4.55. The lowest BCUT2D eigenvalue weighted by Crippen LogP contribution is -2.42. The van der Waals surface area contributed by atoms with Crippen molar-refractivity contribution in [3.8, 4) is 17.2 Å². The lowest BCUT2D eigenvalue weighted by molar-refractivity contribution is -0.121. The molecule has 0 radical (unpaired) electrons. The number of carbonyl (C=O) groups excluding carboxylic acids is 1. The highest BCUT2D eigenvalue weighted by atomic mass is 16.5. The van der Waals surface area contributed by atoms with Crippen LogP contribution in [-0.2, 0) is 4.79 Å². The maximum atomic E-state index is 12.6. The summed E-state index contributed by atoms with van der Waals surface area (Å²) < 4.78 is 11.2. The SMILES string of the molecule is COc1ccccc1Oc1ccc(NC(=O)C2C3CCC(C3)C2N)cc1. The summed E-state index contributed by atoms with van der Waals surface area (Å²) in [5.74, 6) is 2.97. The molecule has 26 heavy (non-hydrogen) atoms. The normalized spacial score (nSPS) is 26.5. The Bertz CT molecular complexity index is 788. The third-order valence-electron chi connectivity index (χ3n) is 5.70. The van der Waals surface area contributed by atoms with Crippen molar-refractivity contribution in [1.29, 1.82) is 0 Å². The second kappa shape index (κ2) is 7.00. The Morgan fingerprint density at radius 2 is 1.73 bits per heavy atom. The minimum atomic E-state index is -0.0572. The van der Waals surface area contributed by atoms with Gasteiger partial charge in [-0.25, -0.2) is 0 Å². The van der Waals surface area contributed by atoms with Gasteiger partial charge in [-0.2, -0.15) is 0 Å². The van der Waals surface area contributed by atoms with Gasteiger partial charge in [0.25, 0.3) is 0 Å². The number of methoxy groups -OCH3 is 1. The maximum Gasteiger partial charge on any atom is 0.229 e. The van der Waals surface area contributed by atoms with Gasteiger partial charge >= 0.3 is 0 Å². The number of para-hydroxylation sites is 2. The van der Waals surface area contributed by atoms with E-state index in [9.17, 15) is 4.79 Å². The van der Waals surface area contributed by atoms with Crippen LogP contribution in [0.5, 0.6) is 17.2 Å². The Morgan fingerprint density at radius 3 is 2.38 bits per heavy atom. The molecule has 2 aliphatic rings. The summed E-state index contributed by atoms with van der Waals surface area (Å²) in [5.41, 5.74) is 7.02. The smallest absolute Gasteiger partial charge is 0.229 e. The number of rotatable bonds is 5. The van der Waals surface area contributed by atoms with Crippen LogP contribution >= 0.6 is 0 Å². The first-order valence-electron chi connectivity index (χ1n) is 9.13. The van der Waals surface area contributed by atoms with Gasteiger partial charge in [-0.15, -0.1) is 0 Å². The molecule has 5 heteroatoms. The van der Waals surface area contributed by atoms with Crippen LogP contribution in [0.3, 0.4) is 0 Å². The Balaban J connectivity index is 1.41. The zero-order valence-corrected chi connectivity index (χ0v) is 14.9. The van der Waals surface area contributed by atoms with E-state index >= 15 is 0 Å². The van der Waals surface area contributed by atoms with Crippen molar-refractivity contribution < 1.29 is 14.3 Å². The second-order valence-electron chi connectivity index (χ2n) is 7.20. The molecule has 2 bridgehead atoms. The first-order valence-corrected chi connectivity index (χ1v) is 9.13. The van der Waals surface area contributed by atoms with Gasteiger partial charge < -0.3 is 20.5 Å². The average molecular weight is 352 g/mol. The van der Waals surface area contributed by atoms with E-state index in [1.54, 1.807) is 7.11 Å². The van der Waals surface area contributed by atoms with Gasteiger partial charge in [-0.05, 0) is 67.5 Å². The zero-order valence-electron chi connectivity index (χ0n) is 14.9. The molecule has 0 aromatic heterocycles. The van der Waals surface area contributed by atoms with Gasteiger partial charge in [-0.1, -0.05) is 12.1 Å². The fraction of sp³-hybridized carbons (Fsp3) is 0.381. The maximum absolute atomic E-state index is 12.6. The van der Waals surface area contributed by atoms with Crippen molar-refractivity contribution in [1.82, 2.24) is 0 Å². The highest BCUT2D eigenvalue weighted by Crippen LogP contribution is 2.48. The van der Waals surface area contributed by atoms with E-state index in [0.29, 0.717) is 29.1 Å². The van der Waals surface area contributed by atoms with Gasteiger partial charge in [0.05, 0.1) is 13.0 Å². The number of carbonyl (C=O) groups is 1. The minimum Gasteiger partial charge on any atom is -0.493 e. The first kappa shape index (κ1) is 16.9. The quantitative estimate of drug-likeness (QED) is 0.858. The van der Waals surface area contributed by atoms with Gasteiger partial charge in [0.15, 0.2) is 11.5 Å². The summed E-state index contributed by atoms with van der Waals surface area (Å²) in [5, 5.41) is 3.01. The van der Waals surface area contributed by atoms with Gasteiger partial charge in [0.2, 0.25) is 5.91 Å². The van der Waals surface area contributed by atoms with Crippen LogP contribution in [-0.4, -0.2) is 19.1 Å². The summed E-state index contributed by atoms with van der Waals surface area (Å²) >= 11 is 0. The van der Waals surface area contributed by atoms with E-state index in [4.69, 9.17) is 15.2 Å². The van der Waals surface area contributed by atoms with Crippen molar-refractivity contribution >= 4 is 11.6 Å². The number of nitrogens with one attached hydrogen (secondary N) is 1. The van der Waals surface area contributed by atoms with Crippen molar-refractivity contribution in [2.45, 2.75) is 25.3 Å². The van der Waals surface area contributed by atoms with Crippen molar-refractivity contribution in [3.05, 3.63) is 48.5 Å². The standard InChI is InChI=1S/C21H24N2O3/c1-25-17-4-2-3-5-18(17)26-16-10-8-15(9-11-16)23-21(24)19-13-6-7-14(12-13)20(19)22/h2-5,8-11,13-14,19-20H,6-7,12,22H2,1H3,(H,23,24). The molecule has 0 spiro atoms. The number of benzene rings is 2. The molecule has 0 saturated heterocycles. The molecule has 1 amide bonds. The zero-order chi connectivity index (χ0) is 18.1. The molecule has 2 fully saturated rings. The molecule has 4 atom stereocenters. The molecule has 2 aromatic carbocycles. The molecule has 4 rings (SSSR count). The molecule has 136 valence electrons. The second-order valence-corrected chi connectivity index (χ2v) is 7.20. The van der Waals surface area contributed by atoms with Crippen LogP contribution in [0.25, 0.3) is 0 Å². The predicted molar refractivity (Wildman–Crippen MR) is 100 cm³/mol. The number of hydrogen-bond donors (Lipinski definition) is 2. The number of ether oxygens (including phenoxy) is 2. The average Bonchev–Trinajstić information content (AvgIpc) is 3.25. The predicted octanol–water partition coefficient (Wildman–Crippen LogP) is 3.80. The number of anilines is 1. The number of nitrogens with two attached hydrogens (primary N) is 1. The first-order chi connectivity index (χ1) is 12.7. The van der Waals surface area contributed by atoms with E-state index in [0.717, 1.165) is 18.5 Å². The largest absolute Gasteiger partial charge is 0.493 e. The molecular formula is C21H24N2O3. The summed E-state index contributed by atoms with van der Waals surface area (Å²) in [4.78, 5) is 12.6. The number of amides is 1. The monoisotopic (exact) mass is 352 g/mol. The summed E-state index contributed by atoms with van der Waals surface area (Å²) in [6.45, 7) is 0. The Morgan fingerprint density at radius 1 is 1.04 bits per heavy atom. The van der Waals surface area contributed by atoms with Crippen molar-refractivity contribution in [2.75, 3.05) is 12.4 Å². The fourth-order valence-electron chi connectivity index (χ4n) is 4.39. The Hall–Kier alpha value is -2.53. The number of fused-ring (bicyclic) bond motifs is 2. The molecule has 0 aliphatic heterocycles. The molecule has 3 N–H and O–H groups in total. The van der Waals surface area contributed by atoms with Crippen molar-refractivity contribution in [2.24, 2.45) is 23.5 Å².